The van der Waals surface area contributed by atoms with Crippen molar-refractivity contribution in [2.45, 2.75) is 52.9 Å². The van der Waals surface area contributed by atoms with Crippen LogP contribution in [0.3, 0.4) is 0 Å². The van der Waals surface area contributed by atoms with E-state index < -0.39 is 5.60 Å². The smallest absolute Gasteiger partial charge is 0.410 e. The molecule has 1 amide bonds. The van der Waals surface area contributed by atoms with Crippen LogP contribution in [0, 0.1) is 0 Å². The number of hydrogen-bond acceptors (Lipinski definition) is 5. The Morgan fingerprint density at radius 1 is 1.36 bits per heavy atom. The standard InChI is InChI=1S/C16H24N2O4/c1-11(2)21-13-7-6-12-10-18(8-9-20-14(12)17-13)15(19)22-16(3,4)5/h6-7,11H,8-10H2,1-5H3. The molecule has 0 spiro atoms. The fourth-order valence-corrected chi connectivity index (χ4v) is 2.02. The van der Waals surface area contributed by atoms with Crippen molar-refractivity contribution < 1.29 is 19.0 Å². The predicted molar refractivity (Wildman–Crippen MR) is 82.1 cm³/mol. The largest absolute Gasteiger partial charge is 0.475 e. The molecule has 1 aliphatic rings. The highest BCUT2D eigenvalue weighted by Gasteiger charge is 2.25. The lowest BCUT2D eigenvalue weighted by atomic mass is 10.2. The van der Waals surface area contributed by atoms with Gasteiger partial charge in [-0.15, -0.1) is 0 Å². The van der Waals surface area contributed by atoms with Crippen molar-refractivity contribution in [3.8, 4) is 11.8 Å². The van der Waals surface area contributed by atoms with Gasteiger partial charge in [-0.3, -0.25) is 0 Å². The maximum atomic E-state index is 12.2. The molecule has 0 fully saturated rings. The van der Waals surface area contributed by atoms with Gasteiger partial charge >= 0.3 is 6.09 Å². The van der Waals surface area contributed by atoms with Gasteiger partial charge in [0.2, 0.25) is 11.8 Å². The number of carbonyl (C=O) groups excluding carboxylic acids is 1. The van der Waals surface area contributed by atoms with Gasteiger partial charge in [-0.05, 0) is 40.7 Å². The van der Waals surface area contributed by atoms with Gasteiger partial charge in [-0.2, -0.15) is 4.98 Å². The molecule has 0 aliphatic carbocycles. The van der Waals surface area contributed by atoms with Gasteiger partial charge in [-0.25, -0.2) is 4.79 Å². The summed E-state index contributed by atoms with van der Waals surface area (Å²) < 4.78 is 16.6. The second-order valence-electron chi connectivity index (χ2n) is 6.53. The zero-order valence-electron chi connectivity index (χ0n) is 13.9. The quantitative estimate of drug-likeness (QED) is 0.840. The molecule has 0 N–H and O–H groups in total. The van der Waals surface area contributed by atoms with Gasteiger partial charge in [0.1, 0.15) is 12.2 Å². The van der Waals surface area contributed by atoms with E-state index in [1.54, 1.807) is 11.0 Å². The van der Waals surface area contributed by atoms with E-state index in [1.165, 1.54) is 0 Å². The maximum Gasteiger partial charge on any atom is 0.410 e. The number of hydrogen-bond donors (Lipinski definition) is 0. The predicted octanol–water partition coefficient (Wildman–Crippen LogP) is 3.00. The molecule has 122 valence electrons. The Labute approximate surface area is 131 Å². The molecule has 2 heterocycles. The molecule has 0 saturated heterocycles. The van der Waals surface area contributed by atoms with Crippen LogP contribution in [0.5, 0.6) is 11.8 Å². The third-order valence-electron chi connectivity index (χ3n) is 2.88. The first-order valence-electron chi connectivity index (χ1n) is 7.52. The number of rotatable bonds is 2. The molecule has 2 rings (SSSR count). The van der Waals surface area contributed by atoms with Crippen LogP contribution in [0.2, 0.25) is 0 Å². The van der Waals surface area contributed by atoms with Gasteiger partial charge in [0.05, 0.1) is 19.2 Å². The van der Waals surface area contributed by atoms with E-state index in [2.05, 4.69) is 4.98 Å². The van der Waals surface area contributed by atoms with Gasteiger partial charge in [0.15, 0.2) is 0 Å². The van der Waals surface area contributed by atoms with Crippen molar-refractivity contribution >= 4 is 6.09 Å². The Morgan fingerprint density at radius 3 is 2.73 bits per heavy atom. The first-order chi connectivity index (χ1) is 10.2. The summed E-state index contributed by atoms with van der Waals surface area (Å²) in [5, 5.41) is 0. The molecule has 6 heteroatoms. The van der Waals surface area contributed by atoms with Crippen molar-refractivity contribution in [1.29, 1.82) is 0 Å². The van der Waals surface area contributed by atoms with Crippen molar-refractivity contribution in [1.82, 2.24) is 9.88 Å². The Bertz CT molecular complexity index is 537. The van der Waals surface area contributed by atoms with E-state index in [4.69, 9.17) is 14.2 Å². The minimum absolute atomic E-state index is 0.0505. The lowest BCUT2D eigenvalue weighted by Gasteiger charge is -2.25. The van der Waals surface area contributed by atoms with Gasteiger partial charge in [0.25, 0.3) is 0 Å². The first-order valence-corrected chi connectivity index (χ1v) is 7.52. The zero-order valence-corrected chi connectivity index (χ0v) is 13.9. The summed E-state index contributed by atoms with van der Waals surface area (Å²) in [4.78, 5) is 18.2. The number of fused-ring (bicyclic) bond motifs is 1. The molecular formula is C16H24N2O4. The van der Waals surface area contributed by atoms with E-state index in [0.717, 1.165) is 5.56 Å². The van der Waals surface area contributed by atoms with E-state index in [0.29, 0.717) is 31.5 Å². The molecule has 6 nitrogen and oxygen atoms in total. The Balaban J connectivity index is 2.12. The second-order valence-corrected chi connectivity index (χ2v) is 6.53. The Hall–Kier alpha value is -1.98. The minimum atomic E-state index is -0.514. The molecule has 22 heavy (non-hydrogen) atoms. The monoisotopic (exact) mass is 308 g/mol. The summed E-state index contributed by atoms with van der Waals surface area (Å²) in [5.41, 5.74) is 0.333. The fourth-order valence-electron chi connectivity index (χ4n) is 2.02. The molecule has 0 radical (unpaired) electrons. The third kappa shape index (κ3) is 4.51. The molecule has 1 aromatic rings. The van der Waals surface area contributed by atoms with E-state index >= 15 is 0 Å². The van der Waals surface area contributed by atoms with Gasteiger partial charge in [-0.1, -0.05) is 0 Å². The van der Waals surface area contributed by atoms with Crippen LogP contribution in [-0.2, 0) is 11.3 Å². The van der Waals surface area contributed by atoms with E-state index in [-0.39, 0.29) is 12.2 Å². The third-order valence-corrected chi connectivity index (χ3v) is 2.88. The SMILES string of the molecule is CC(C)Oc1ccc2c(n1)OCCN(C(=O)OC(C)(C)C)C2. The summed E-state index contributed by atoms with van der Waals surface area (Å²) in [6, 6.07) is 3.67. The number of pyridine rings is 1. The lowest BCUT2D eigenvalue weighted by molar-refractivity contribution is 0.0225. The zero-order chi connectivity index (χ0) is 16.3. The van der Waals surface area contributed by atoms with Crippen molar-refractivity contribution in [3.05, 3.63) is 17.7 Å². The average molecular weight is 308 g/mol. The average Bonchev–Trinajstić information content (AvgIpc) is 2.57. The topological polar surface area (TPSA) is 60.9 Å². The minimum Gasteiger partial charge on any atom is -0.475 e. The Kier molecular flexibility index (Phi) is 4.78. The molecule has 0 aromatic carbocycles. The number of amides is 1. The maximum absolute atomic E-state index is 12.2. The van der Waals surface area contributed by atoms with Crippen LogP contribution in [-0.4, -0.2) is 40.8 Å². The Morgan fingerprint density at radius 2 is 2.09 bits per heavy atom. The second kappa shape index (κ2) is 6.42. The molecule has 0 unspecified atom stereocenters. The first kappa shape index (κ1) is 16.4. The van der Waals surface area contributed by atoms with Crippen molar-refractivity contribution in [2.24, 2.45) is 0 Å². The molecule has 0 saturated carbocycles. The van der Waals surface area contributed by atoms with E-state index in [1.807, 2.05) is 40.7 Å². The summed E-state index contributed by atoms with van der Waals surface area (Å²) in [6.07, 6.45) is -0.291. The van der Waals surface area contributed by atoms with Gasteiger partial charge in [0, 0.05) is 11.6 Å². The lowest BCUT2D eigenvalue weighted by Crippen LogP contribution is -2.37. The van der Waals surface area contributed by atoms with Crippen molar-refractivity contribution in [3.63, 3.8) is 0 Å². The normalized spacial score (nSPS) is 14.9. The highest BCUT2D eigenvalue weighted by atomic mass is 16.6. The van der Waals surface area contributed by atoms with E-state index in [9.17, 15) is 4.79 Å². The summed E-state index contributed by atoms with van der Waals surface area (Å²) in [5.74, 6) is 1.05. The van der Waals surface area contributed by atoms with Gasteiger partial charge < -0.3 is 19.1 Å². The molecule has 1 aromatic heterocycles. The van der Waals surface area contributed by atoms with Crippen LogP contribution >= 0.6 is 0 Å². The molecule has 1 aliphatic heterocycles. The highest BCUT2D eigenvalue weighted by Crippen LogP contribution is 2.25. The summed E-state index contributed by atoms with van der Waals surface area (Å²) >= 11 is 0. The molecular weight excluding hydrogens is 284 g/mol. The molecule has 0 atom stereocenters. The molecule has 0 bridgehead atoms. The number of aromatic nitrogens is 1. The number of ether oxygens (including phenoxy) is 3. The van der Waals surface area contributed by atoms with Crippen LogP contribution in [0.25, 0.3) is 0 Å². The number of nitrogens with zero attached hydrogens (tertiary/aromatic N) is 2. The van der Waals surface area contributed by atoms with Crippen LogP contribution in [0.4, 0.5) is 4.79 Å². The summed E-state index contributed by atoms with van der Waals surface area (Å²) in [7, 11) is 0. The van der Waals surface area contributed by atoms with Crippen LogP contribution in [0.15, 0.2) is 12.1 Å². The fraction of sp³-hybridized carbons (Fsp3) is 0.625. The summed E-state index contributed by atoms with van der Waals surface area (Å²) in [6.45, 7) is 10.7. The highest BCUT2D eigenvalue weighted by molar-refractivity contribution is 5.68. The van der Waals surface area contributed by atoms with Crippen LogP contribution < -0.4 is 9.47 Å². The van der Waals surface area contributed by atoms with Crippen LogP contribution in [0.1, 0.15) is 40.2 Å². The van der Waals surface area contributed by atoms with Crippen molar-refractivity contribution in [2.75, 3.05) is 13.2 Å². The number of carbonyl (C=O) groups is 1.